The Labute approximate surface area is 149 Å². The van der Waals surface area contributed by atoms with Gasteiger partial charge in [-0.15, -0.1) is 0 Å². The van der Waals surface area contributed by atoms with Crippen LogP contribution >= 0.6 is 0 Å². The lowest BCUT2D eigenvalue weighted by atomic mass is 9.77. The van der Waals surface area contributed by atoms with Gasteiger partial charge in [-0.1, -0.05) is 38.1 Å². The van der Waals surface area contributed by atoms with Gasteiger partial charge in [-0.2, -0.15) is 0 Å². The van der Waals surface area contributed by atoms with E-state index in [4.69, 9.17) is 5.11 Å². The highest BCUT2D eigenvalue weighted by molar-refractivity contribution is 5.99. The number of allylic oxidation sites excluding steroid dienone is 2. The van der Waals surface area contributed by atoms with Gasteiger partial charge >= 0.3 is 0 Å². The summed E-state index contributed by atoms with van der Waals surface area (Å²) in [4.78, 5) is 16.8. The molecule has 0 unspecified atom stereocenters. The SMILES string of the molecule is C[C@H](CO)NC(=O)c1cnc2c(C3=CCC(C)(C)CC3)cccc2c1. The molecule has 3 rings (SSSR count). The van der Waals surface area contributed by atoms with Gasteiger partial charge in [0.05, 0.1) is 17.7 Å². The number of para-hydroxylation sites is 1. The van der Waals surface area contributed by atoms with Crippen LogP contribution in [0.25, 0.3) is 16.5 Å². The zero-order chi connectivity index (χ0) is 18.0. The molecular weight excluding hydrogens is 312 g/mol. The van der Waals surface area contributed by atoms with E-state index < -0.39 is 0 Å². The van der Waals surface area contributed by atoms with E-state index >= 15 is 0 Å². The standard InChI is InChI=1S/C21H26N2O2/c1-14(13-24)23-20(25)17-11-16-5-4-6-18(19(16)22-12-17)15-7-9-21(2,3)10-8-15/h4-7,11-12,14,24H,8-10,13H2,1-3H3,(H,23,25)/t14-/m1/s1. The number of nitrogens with zero attached hydrogens (tertiary/aromatic N) is 1. The summed E-state index contributed by atoms with van der Waals surface area (Å²) in [7, 11) is 0. The largest absolute Gasteiger partial charge is 0.394 e. The average molecular weight is 338 g/mol. The van der Waals surface area contributed by atoms with Crippen molar-refractivity contribution in [1.29, 1.82) is 0 Å². The molecule has 0 fully saturated rings. The molecule has 1 amide bonds. The van der Waals surface area contributed by atoms with Crippen molar-refractivity contribution in [2.24, 2.45) is 5.41 Å². The third-order valence-electron chi connectivity index (χ3n) is 4.94. The molecule has 1 atom stereocenters. The molecule has 1 aromatic heterocycles. The number of fused-ring (bicyclic) bond motifs is 1. The summed E-state index contributed by atoms with van der Waals surface area (Å²) in [5, 5.41) is 12.8. The van der Waals surface area contributed by atoms with Crippen molar-refractivity contribution in [3.8, 4) is 0 Å². The van der Waals surface area contributed by atoms with Gasteiger partial charge in [0.1, 0.15) is 0 Å². The monoisotopic (exact) mass is 338 g/mol. The van der Waals surface area contributed by atoms with Gasteiger partial charge in [-0.05, 0) is 43.2 Å². The molecule has 0 saturated heterocycles. The summed E-state index contributed by atoms with van der Waals surface area (Å²) in [5.41, 5.74) is 4.35. The molecule has 0 bridgehead atoms. The molecule has 2 aromatic rings. The molecule has 25 heavy (non-hydrogen) atoms. The van der Waals surface area contributed by atoms with Crippen molar-refractivity contribution in [1.82, 2.24) is 10.3 Å². The predicted octanol–water partition coefficient (Wildman–Crippen LogP) is 3.94. The topological polar surface area (TPSA) is 62.2 Å². The van der Waals surface area contributed by atoms with Crippen LogP contribution in [-0.4, -0.2) is 28.6 Å². The normalized spacial score (nSPS) is 17.8. The van der Waals surface area contributed by atoms with Crippen molar-refractivity contribution < 1.29 is 9.90 Å². The smallest absolute Gasteiger partial charge is 0.253 e. The fraction of sp³-hybridized carbons (Fsp3) is 0.429. The Morgan fingerprint density at radius 3 is 2.88 bits per heavy atom. The van der Waals surface area contributed by atoms with E-state index in [0.29, 0.717) is 11.0 Å². The highest BCUT2D eigenvalue weighted by atomic mass is 16.3. The van der Waals surface area contributed by atoms with E-state index in [9.17, 15) is 4.79 Å². The molecule has 2 N–H and O–H groups in total. The van der Waals surface area contributed by atoms with Gasteiger partial charge in [-0.25, -0.2) is 0 Å². The third-order valence-corrected chi connectivity index (χ3v) is 4.94. The van der Waals surface area contributed by atoms with E-state index in [0.717, 1.165) is 23.7 Å². The molecule has 1 aliphatic rings. The molecule has 0 saturated carbocycles. The Morgan fingerprint density at radius 2 is 2.20 bits per heavy atom. The quantitative estimate of drug-likeness (QED) is 0.887. The lowest BCUT2D eigenvalue weighted by molar-refractivity contribution is 0.0922. The van der Waals surface area contributed by atoms with E-state index in [1.54, 1.807) is 13.1 Å². The minimum absolute atomic E-state index is 0.0819. The number of aliphatic hydroxyl groups excluding tert-OH is 1. The zero-order valence-electron chi connectivity index (χ0n) is 15.2. The summed E-state index contributed by atoms with van der Waals surface area (Å²) in [5.74, 6) is -0.208. The number of aromatic nitrogens is 1. The van der Waals surface area contributed by atoms with Crippen LogP contribution in [0.15, 0.2) is 36.5 Å². The molecule has 1 aliphatic carbocycles. The number of nitrogens with one attached hydrogen (secondary N) is 1. The van der Waals surface area contributed by atoms with E-state index in [1.807, 2.05) is 18.2 Å². The molecule has 4 heteroatoms. The summed E-state index contributed by atoms with van der Waals surface area (Å²) in [6.07, 6.45) is 7.28. The first-order chi connectivity index (χ1) is 11.9. The molecule has 1 heterocycles. The molecule has 4 nitrogen and oxygen atoms in total. The van der Waals surface area contributed by atoms with Gasteiger partial charge in [-0.3, -0.25) is 9.78 Å². The Kier molecular flexibility index (Phi) is 4.91. The van der Waals surface area contributed by atoms with Crippen molar-refractivity contribution in [3.63, 3.8) is 0 Å². The molecule has 0 radical (unpaired) electrons. The Balaban J connectivity index is 1.93. The number of carbonyl (C=O) groups is 1. The number of pyridine rings is 1. The molecule has 0 spiro atoms. The molecule has 1 aromatic carbocycles. The summed E-state index contributed by atoms with van der Waals surface area (Å²) in [6.45, 7) is 6.29. The Bertz CT molecular complexity index is 824. The number of benzene rings is 1. The van der Waals surface area contributed by atoms with Crippen molar-refractivity contribution in [2.75, 3.05) is 6.61 Å². The minimum Gasteiger partial charge on any atom is -0.394 e. The average Bonchev–Trinajstić information content (AvgIpc) is 2.60. The van der Waals surface area contributed by atoms with Gasteiger partial charge in [0, 0.05) is 23.2 Å². The second-order valence-corrected chi connectivity index (χ2v) is 7.76. The first kappa shape index (κ1) is 17.6. The number of amides is 1. The summed E-state index contributed by atoms with van der Waals surface area (Å²) >= 11 is 0. The first-order valence-electron chi connectivity index (χ1n) is 8.89. The van der Waals surface area contributed by atoms with Crippen LogP contribution in [0.1, 0.15) is 56.0 Å². The highest BCUT2D eigenvalue weighted by Gasteiger charge is 2.23. The van der Waals surface area contributed by atoms with Crippen molar-refractivity contribution >= 4 is 22.4 Å². The number of aliphatic hydroxyl groups is 1. The Morgan fingerprint density at radius 1 is 1.40 bits per heavy atom. The maximum absolute atomic E-state index is 12.2. The van der Waals surface area contributed by atoms with Gasteiger partial charge < -0.3 is 10.4 Å². The fourth-order valence-electron chi connectivity index (χ4n) is 3.22. The maximum Gasteiger partial charge on any atom is 0.253 e. The minimum atomic E-state index is -0.273. The fourth-order valence-corrected chi connectivity index (χ4v) is 3.22. The lowest BCUT2D eigenvalue weighted by Crippen LogP contribution is -2.35. The van der Waals surface area contributed by atoms with E-state index in [1.165, 1.54) is 17.6 Å². The van der Waals surface area contributed by atoms with Crippen LogP contribution in [0.4, 0.5) is 0 Å². The second-order valence-electron chi connectivity index (χ2n) is 7.76. The highest BCUT2D eigenvalue weighted by Crippen LogP contribution is 2.39. The first-order valence-corrected chi connectivity index (χ1v) is 8.89. The second kappa shape index (κ2) is 6.96. The zero-order valence-corrected chi connectivity index (χ0v) is 15.2. The predicted molar refractivity (Wildman–Crippen MR) is 101 cm³/mol. The van der Waals surface area contributed by atoms with Crippen LogP contribution in [0, 0.1) is 5.41 Å². The van der Waals surface area contributed by atoms with Crippen LogP contribution < -0.4 is 5.32 Å². The number of hydrogen-bond donors (Lipinski definition) is 2. The van der Waals surface area contributed by atoms with Crippen molar-refractivity contribution in [3.05, 3.63) is 47.7 Å². The molecule has 0 aliphatic heterocycles. The van der Waals surface area contributed by atoms with Crippen LogP contribution in [0.2, 0.25) is 0 Å². The number of hydrogen-bond acceptors (Lipinski definition) is 3. The van der Waals surface area contributed by atoms with Crippen molar-refractivity contribution in [2.45, 2.75) is 46.1 Å². The van der Waals surface area contributed by atoms with Gasteiger partial charge in [0.15, 0.2) is 0 Å². The third kappa shape index (κ3) is 3.90. The van der Waals surface area contributed by atoms with Gasteiger partial charge in [0.25, 0.3) is 5.91 Å². The van der Waals surface area contributed by atoms with Crippen LogP contribution in [0.5, 0.6) is 0 Å². The molecular formula is C21H26N2O2. The van der Waals surface area contributed by atoms with Crippen LogP contribution in [0.3, 0.4) is 0 Å². The maximum atomic E-state index is 12.2. The van der Waals surface area contributed by atoms with Gasteiger partial charge in [0.2, 0.25) is 0 Å². The number of rotatable bonds is 4. The van der Waals surface area contributed by atoms with E-state index in [2.05, 4.69) is 36.3 Å². The lowest BCUT2D eigenvalue weighted by Gasteiger charge is -2.29. The Hall–Kier alpha value is -2.20. The molecule has 132 valence electrons. The van der Waals surface area contributed by atoms with Crippen LogP contribution in [-0.2, 0) is 0 Å². The number of carbonyl (C=O) groups excluding carboxylic acids is 1. The van der Waals surface area contributed by atoms with E-state index in [-0.39, 0.29) is 18.6 Å². The summed E-state index contributed by atoms with van der Waals surface area (Å²) < 4.78 is 0. The summed E-state index contributed by atoms with van der Waals surface area (Å²) in [6, 6.07) is 7.74.